The van der Waals surface area contributed by atoms with E-state index in [0.29, 0.717) is 4.47 Å². The van der Waals surface area contributed by atoms with Crippen LogP contribution >= 0.6 is 27.5 Å². The number of hydrogen-bond donors (Lipinski definition) is 0. The SMILES string of the molecule is CC(Cl)C(=O)c1cc(Br)ccc1F. The largest absolute Gasteiger partial charge is 0.292 e. The molecular weight excluding hydrogens is 258 g/mol. The molecule has 0 bridgehead atoms. The van der Waals surface area contributed by atoms with Crippen molar-refractivity contribution in [3.05, 3.63) is 34.1 Å². The van der Waals surface area contributed by atoms with Gasteiger partial charge in [-0.2, -0.15) is 0 Å². The van der Waals surface area contributed by atoms with Crippen molar-refractivity contribution < 1.29 is 9.18 Å². The molecule has 0 saturated heterocycles. The molecule has 0 heterocycles. The third kappa shape index (κ3) is 2.51. The van der Waals surface area contributed by atoms with Gasteiger partial charge in [-0.15, -0.1) is 11.6 Å². The number of alkyl halides is 1. The maximum Gasteiger partial charge on any atom is 0.183 e. The van der Waals surface area contributed by atoms with E-state index in [-0.39, 0.29) is 5.56 Å². The van der Waals surface area contributed by atoms with E-state index in [9.17, 15) is 9.18 Å². The van der Waals surface area contributed by atoms with Crippen molar-refractivity contribution in [3.63, 3.8) is 0 Å². The summed E-state index contributed by atoms with van der Waals surface area (Å²) >= 11 is 8.71. The van der Waals surface area contributed by atoms with Crippen LogP contribution < -0.4 is 0 Å². The summed E-state index contributed by atoms with van der Waals surface area (Å²) in [6.07, 6.45) is 0. The average molecular weight is 266 g/mol. The second-order valence-electron chi connectivity index (χ2n) is 2.60. The van der Waals surface area contributed by atoms with Crippen LogP contribution in [-0.4, -0.2) is 11.2 Å². The predicted molar refractivity (Wildman–Crippen MR) is 53.7 cm³/mol. The quantitative estimate of drug-likeness (QED) is 0.592. The fourth-order valence-corrected chi connectivity index (χ4v) is 1.38. The van der Waals surface area contributed by atoms with Crippen molar-refractivity contribution in [2.75, 3.05) is 0 Å². The lowest BCUT2D eigenvalue weighted by Crippen LogP contribution is -2.12. The topological polar surface area (TPSA) is 17.1 Å². The minimum absolute atomic E-state index is 0.0249. The van der Waals surface area contributed by atoms with Crippen molar-refractivity contribution in [2.45, 2.75) is 12.3 Å². The fourth-order valence-electron chi connectivity index (χ4n) is 0.901. The highest BCUT2D eigenvalue weighted by atomic mass is 79.9. The lowest BCUT2D eigenvalue weighted by atomic mass is 10.1. The molecule has 0 amide bonds. The number of ketones is 1. The number of carbonyl (C=O) groups excluding carboxylic acids is 1. The molecule has 0 aliphatic rings. The van der Waals surface area contributed by atoms with Gasteiger partial charge in [-0.05, 0) is 25.1 Å². The first-order chi connectivity index (χ1) is 6.02. The Bertz CT molecular complexity index is 338. The van der Waals surface area contributed by atoms with Gasteiger partial charge in [0.15, 0.2) is 5.78 Å². The molecule has 0 spiro atoms. The van der Waals surface area contributed by atoms with Crippen LogP contribution in [0.2, 0.25) is 0 Å². The summed E-state index contributed by atoms with van der Waals surface area (Å²) in [4.78, 5) is 11.3. The summed E-state index contributed by atoms with van der Waals surface area (Å²) in [5, 5.41) is -0.705. The summed E-state index contributed by atoms with van der Waals surface area (Å²) < 4.78 is 13.7. The molecule has 1 unspecified atom stereocenters. The lowest BCUT2D eigenvalue weighted by molar-refractivity contribution is 0.0988. The first-order valence-corrected chi connectivity index (χ1v) is 4.88. The molecule has 1 rings (SSSR count). The van der Waals surface area contributed by atoms with Gasteiger partial charge in [0.25, 0.3) is 0 Å². The summed E-state index contributed by atoms with van der Waals surface area (Å²) in [5.74, 6) is -0.943. The molecule has 0 aliphatic carbocycles. The zero-order valence-electron chi connectivity index (χ0n) is 6.85. The first-order valence-electron chi connectivity index (χ1n) is 3.65. The Morgan fingerprint density at radius 1 is 1.62 bits per heavy atom. The Labute approximate surface area is 89.0 Å². The van der Waals surface area contributed by atoms with E-state index in [1.165, 1.54) is 25.1 Å². The Balaban J connectivity index is 3.13. The monoisotopic (exact) mass is 264 g/mol. The molecular formula is C9H7BrClFO. The Morgan fingerprint density at radius 3 is 2.77 bits per heavy atom. The second kappa shape index (κ2) is 4.20. The number of hydrogen-bond acceptors (Lipinski definition) is 1. The predicted octanol–water partition coefficient (Wildman–Crippen LogP) is 3.40. The summed E-state index contributed by atoms with van der Waals surface area (Å²) in [6.45, 7) is 1.52. The van der Waals surface area contributed by atoms with Gasteiger partial charge in [-0.25, -0.2) is 4.39 Å². The van der Waals surface area contributed by atoms with Gasteiger partial charge in [0.05, 0.1) is 10.9 Å². The molecule has 0 N–H and O–H groups in total. The van der Waals surface area contributed by atoms with Gasteiger partial charge in [-0.3, -0.25) is 4.79 Å². The molecule has 1 aromatic carbocycles. The van der Waals surface area contributed by atoms with E-state index in [0.717, 1.165) is 0 Å². The van der Waals surface area contributed by atoms with E-state index in [2.05, 4.69) is 15.9 Å². The van der Waals surface area contributed by atoms with E-state index < -0.39 is 17.0 Å². The minimum atomic E-state index is -0.705. The third-order valence-electron chi connectivity index (χ3n) is 1.56. The maximum absolute atomic E-state index is 13.1. The van der Waals surface area contributed by atoms with Gasteiger partial charge in [0, 0.05) is 4.47 Å². The van der Waals surface area contributed by atoms with Gasteiger partial charge in [-0.1, -0.05) is 15.9 Å². The fraction of sp³-hybridized carbons (Fsp3) is 0.222. The van der Waals surface area contributed by atoms with Crippen molar-refractivity contribution >= 4 is 33.3 Å². The lowest BCUT2D eigenvalue weighted by Gasteiger charge is -2.04. The Kier molecular flexibility index (Phi) is 3.45. The molecule has 0 saturated carbocycles. The smallest absolute Gasteiger partial charge is 0.183 e. The maximum atomic E-state index is 13.1. The van der Waals surface area contributed by atoms with E-state index >= 15 is 0 Å². The van der Waals surface area contributed by atoms with Crippen molar-refractivity contribution in [2.24, 2.45) is 0 Å². The highest BCUT2D eigenvalue weighted by Crippen LogP contribution is 2.18. The second-order valence-corrected chi connectivity index (χ2v) is 4.17. The molecule has 0 fully saturated rings. The van der Waals surface area contributed by atoms with E-state index in [1.54, 1.807) is 0 Å². The summed E-state index contributed by atoms with van der Waals surface area (Å²) in [7, 11) is 0. The number of rotatable bonds is 2. The van der Waals surface area contributed by atoms with Crippen LogP contribution in [0.1, 0.15) is 17.3 Å². The van der Waals surface area contributed by atoms with Crippen LogP contribution in [0.4, 0.5) is 4.39 Å². The number of carbonyl (C=O) groups is 1. The minimum Gasteiger partial charge on any atom is -0.292 e. The number of Topliss-reactive ketones (excluding diaryl/α,β-unsaturated/α-hetero) is 1. The molecule has 0 aliphatic heterocycles. The van der Waals surface area contributed by atoms with Crippen molar-refractivity contribution in [3.8, 4) is 0 Å². The zero-order valence-corrected chi connectivity index (χ0v) is 9.19. The van der Waals surface area contributed by atoms with E-state index in [1.807, 2.05) is 0 Å². The van der Waals surface area contributed by atoms with Gasteiger partial charge in [0.1, 0.15) is 5.82 Å². The molecule has 4 heteroatoms. The Hall–Kier alpha value is -0.410. The van der Waals surface area contributed by atoms with Crippen LogP contribution in [-0.2, 0) is 0 Å². The standard InChI is InChI=1S/C9H7BrClFO/c1-5(11)9(13)7-4-6(10)2-3-8(7)12/h2-5H,1H3. The summed E-state index contributed by atoms with van der Waals surface area (Å²) in [5.41, 5.74) is 0.0249. The zero-order chi connectivity index (χ0) is 10.0. The molecule has 0 radical (unpaired) electrons. The molecule has 13 heavy (non-hydrogen) atoms. The molecule has 1 aromatic rings. The van der Waals surface area contributed by atoms with E-state index in [4.69, 9.17) is 11.6 Å². The van der Waals surface area contributed by atoms with Crippen LogP contribution in [0.15, 0.2) is 22.7 Å². The van der Waals surface area contributed by atoms with Crippen LogP contribution in [0.5, 0.6) is 0 Å². The van der Waals surface area contributed by atoms with Gasteiger partial charge < -0.3 is 0 Å². The van der Waals surface area contributed by atoms with Crippen molar-refractivity contribution in [1.82, 2.24) is 0 Å². The molecule has 1 atom stereocenters. The van der Waals surface area contributed by atoms with Crippen LogP contribution in [0.25, 0.3) is 0 Å². The van der Waals surface area contributed by atoms with Crippen molar-refractivity contribution in [1.29, 1.82) is 0 Å². The van der Waals surface area contributed by atoms with Gasteiger partial charge >= 0.3 is 0 Å². The first kappa shape index (κ1) is 10.7. The highest BCUT2D eigenvalue weighted by Gasteiger charge is 2.16. The summed E-state index contributed by atoms with van der Waals surface area (Å²) in [6, 6.07) is 4.19. The third-order valence-corrected chi connectivity index (χ3v) is 2.25. The molecule has 1 nitrogen and oxygen atoms in total. The Morgan fingerprint density at radius 2 is 2.23 bits per heavy atom. The highest BCUT2D eigenvalue weighted by molar-refractivity contribution is 9.10. The van der Waals surface area contributed by atoms with Crippen LogP contribution in [0, 0.1) is 5.82 Å². The number of benzene rings is 1. The molecule has 70 valence electrons. The number of halogens is 3. The average Bonchev–Trinajstić information content (AvgIpc) is 2.08. The van der Waals surface area contributed by atoms with Crippen LogP contribution in [0.3, 0.4) is 0 Å². The normalized spacial score (nSPS) is 12.6. The molecule has 0 aromatic heterocycles. The van der Waals surface area contributed by atoms with Gasteiger partial charge in [0.2, 0.25) is 0 Å².